The second-order valence-corrected chi connectivity index (χ2v) is 6.43. The number of aromatic nitrogens is 4. The standard InChI is InChI=1S/C15H11BrN4O2S/c1-2-21-10-5-3-4-9(8-10)13-17-18-15-20(13)19-14(23-15)11-6-7-12(16)22-11/h3-8H,2H2,1H3. The molecule has 0 fully saturated rings. The molecule has 4 rings (SSSR count). The molecule has 23 heavy (non-hydrogen) atoms. The molecule has 3 heterocycles. The van der Waals surface area contributed by atoms with Gasteiger partial charge in [-0.05, 0) is 47.1 Å². The van der Waals surface area contributed by atoms with Gasteiger partial charge >= 0.3 is 0 Å². The summed E-state index contributed by atoms with van der Waals surface area (Å²) in [7, 11) is 0. The van der Waals surface area contributed by atoms with Crippen LogP contribution in [0.25, 0.3) is 27.1 Å². The van der Waals surface area contributed by atoms with Crippen molar-refractivity contribution in [3.8, 4) is 27.9 Å². The van der Waals surface area contributed by atoms with Crippen molar-refractivity contribution in [2.24, 2.45) is 0 Å². The van der Waals surface area contributed by atoms with Gasteiger partial charge in [-0.15, -0.1) is 15.3 Å². The van der Waals surface area contributed by atoms with E-state index in [1.165, 1.54) is 11.3 Å². The maximum atomic E-state index is 5.55. The number of halogens is 1. The van der Waals surface area contributed by atoms with Crippen molar-refractivity contribution < 1.29 is 9.15 Å². The van der Waals surface area contributed by atoms with Gasteiger partial charge in [0.05, 0.1) is 6.61 Å². The normalized spacial score (nSPS) is 11.2. The topological polar surface area (TPSA) is 65.5 Å². The number of furan rings is 1. The van der Waals surface area contributed by atoms with E-state index in [2.05, 4.69) is 31.2 Å². The zero-order valence-corrected chi connectivity index (χ0v) is 14.5. The highest BCUT2D eigenvalue weighted by Crippen LogP contribution is 2.31. The van der Waals surface area contributed by atoms with Gasteiger partial charge in [0.2, 0.25) is 4.96 Å². The minimum absolute atomic E-state index is 0.618. The Morgan fingerprint density at radius 2 is 2.17 bits per heavy atom. The first kappa shape index (κ1) is 14.4. The zero-order chi connectivity index (χ0) is 15.8. The Balaban J connectivity index is 1.79. The SMILES string of the molecule is CCOc1cccc(-c2nnc3sc(-c4ccc(Br)o4)nn23)c1. The van der Waals surface area contributed by atoms with Crippen LogP contribution in [0.5, 0.6) is 5.75 Å². The van der Waals surface area contributed by atoms with E-state index in [1.54, 1.807) is 4.52 Å². The van der Waals surface area contributed by atoms with E-state index in [4.69, 9.17) is 9.15 Å². The quantitative estimate of drug-likeness (QED) is 0.520. The van der Waals surface area contributed by atoms with E-state index >= 15 is 0 Å². The lowest BCUT2D eigenvalue weighted by Gasteiger charge is -2.04. The van der Waals surface area contributed by atoms with Crippen LogP contribution in [-0.4, -0.2) is 26.4 Å². The molecule has 0 bridgehead atoms. The highest BCUT2D eigenvalue weighted by atomic mass is 79.9. The molecule has 0 spiro atoms. The minimum atomic E-state index is 0.618. The zero-order valence-electron chi connectivity index (χ0n) is 12.1. The number of ether oxygens (including phenoxy) is 1. The summed E-state index contributed by atoms with van der Waals surface area (Å²) in [6.45, 7) is 2.57. The van der Waals surface area contributed by atoms with Crippen molar-refractivity contribution in [2.45, 2.75) is 6.92 Å². The van der Waals surface area contributed by atoms with Gasteiger partial charge in [0.15, 0.2) is 21.3 Å². The average Bonchev–Trinajstić information content (AvgIpc) is 3.22. The molecule has 0 amide bonds. The summed E-state index contributed by atoms with van der Waals surface area (Å²) in [5.41, 5.74) is 0.904. The van der Waals surface area contributed by atoms with Crippen LogP contribution in [0.15, 0.2) is 45.5 Å². The Morgan fingerprint density at radius 1 is 1.26 bits per heavy atom. The van der Waals surface area contributed by atoms with Gasteiger partial charge in [0, 0.05) is 5.56 Å². The molecule has 0 N–H and O–H groups in total. The summed E-state index contributed by atoms with van der Waals surface area (Å²) in [6.07, 6.45) is 0. The van der Waals surface area contributed by atoms with E-state index < -0.39 is 0 Å². The van der Waals surface area contributed by atoms with E-state index in [9.17, 15) is 0 Å². The van der Waals surface area contributed by atoms with Crippen molar-refractivity contribution >= 4 is 32.2 Å². The van der Waals surface area contributed by atoms with Crippen LogP contribution < -0.4 is 4.74 Å². The summed E-state index contributed by atoms with van der Waals surface area (Å²) in [6, 6.07) is 11.4. The number of nitrogens with zero attached hydrogens (tertiary/aromatic N) is 4. The van der Waals surface area contributed by atoms with Crippen LogP contribution in [0.2, 0.25) is 0 Å². The maximum absolute atomic E-state index is 5.55. The summed E-state index contributed by atoms with van der Waals surface area (Å²) >= 11 is 4.73. The molecule has 0 aliphatic heterocycles. The molecular formula is C15H11BrN4O2S. The molecule has 8 heteroatoms. The van der Waals surface area contributed by atoms with Crippen molar-refractivity contribution in [1.29, 1.82) is 0 Å². The van der Waals surface area contributed by atoms with E-state index in [0.717, 1.165) is 16.3 Å². The van der Waals surface area contributed by atoms with Gasteiger partial charge in [-0.25, -0.2) is 0 Å². The Labute approximate surface area is 143 Å². The lowest BCUT2D eigenvalue weighted by Crippen LogP contribution is -1.94. The fourth-order valence-electron chi connectivity index (χ4n) is 2.22. The van der Waals surface area contributed by atoms with Crippen molar-refractivity contribution in [3.05, 3.63) is 41.1 Å². The van der Waals surface area contributed by atoms with Gasteiger partial charge in [-0.1, -0.05) is 23.5 Å². The lowest BCUT2D eigenvalue weighted by molar-refractivity contribution is 0.340. The molecule has 116 valence electrons. The molecule has 0 radical (unpaired) electrons. The van der Waals surface area contributed by atoms with Gasteiger partial charge in [-0.2, -0.15) is 4.52 Å². The van der Waals surface area contributed by atoms with Crippen LogP contribution in [0, 0.1) is 0 Å². The van der Waals surface area contributed by atoms with E-state index in [1.807, 2.05) is 43.3 Å². The largest absolute Gasteiger partial charge is 0.494 e. The van der Waals surface area contributed by atoms with Crippen LogP contribution in [0.4, 0.5) is 0 Å². The second kappa shape index (κ2) is 5.78. The van der Waals surface area contributed by atoms with E-state index in [-0.39, 0.29) is 0 Å². The Morgan fingerprint density at radius 3 is 2.96 bits per heavy atom. The number of hydrogen-bond donors (Lipinski definition) is 0. The maximum Gasteiger partial charge on any atom is 0.235 e. The highest BCUT2D eigenvalue weighted by Gasteiger charge is 2.16. The fourth-order valence-corrected chi connectivity index (χ4v) is 3.33. The van der Waals surface area contributed by atoms with Crippen molar-refractivity contribution in [1.82, 2.24) is 19.8 Å². The first-order valence-electron chi connectivity index (χ1n) is 6.96. The molecule has 4 aromatic rings. The number of rotatable bonds is 4. The van der Waals surface area contributed by atoms with Crippen LogP contribution >= 0.6 is 27.3 Å². The molecule has 0 saturated heterocycles. The molecule has 0 unspecified atom stereocenters. The Hall–Kier alpha value is -2.19. The molecule has 6 nitrogen and oxygen atoms in total. The third-order valence-corrected chi connectivity index (χ3v) is 4.52. The van der Waals surface area contributed by atoms with Gasteiger partial charge in [-0.3, -0.25) is 0 Å². The molecule has 3 aromatic heterocycles. The van der Waals surface area contributed by atoms with Gasteiger partial charge < -0.3 is 9.15 Å². The monoisotopic (exact) mass is 390 g/mol. The first-order chi connectivity index (χ1) is 11.2. The van der Waals surface area contributed by atoms with Crippen LogP contribution in [0.3, 0.4) is 0 Å². The highest BCUT2D eigenvalue weighted by molar-refractivity contribution is 9.10. The van der Waals surface area contributed by atoms with Gasteiger partial charge in [0.25, 0.3) is 0 Å². The molecule has 0 saturated carbocycles. The number of hydrogen-bond acceptors (Lipinski definition) is 6. The fraction of sp³-hybridized carbons (Fsp3) is 0.133. The molecule has 0 aliphatic carbocycles. The second-order valence-electron chi connectivity index (χ2n) is 4.69. The minimum Gasteiger partial charge on any atom is -0.494 e. The predicted molar refractivity (Wildman–Crippen MR) is 90.7 cm³/mol. The summed E-state index contributed by atoms with van der Waals surface area (Å²) < 4.78 is 13.5. The molecule has 0 aliphatic rings. The van der Waals surface area contributed by atoms with E-state index in [0.29, 0.717) is 27.8 Å². The molecule has 1 aromatic carbocycles. The van der Waals surface area contributed by atoms with Crippen molar-refractivity contribution in [2.75, 3.05) is 6.61 Å². The Kier molecular flexibility index (Phi) is 3.62. The van der Waals surface area contributed by atoms with Gasteiger partial charge in [0.1, 0.15) is 5.75 Å². The molecular weight excluding hydrogens is 380 g/mol. The number of fused-ring (bicyclic) bond motifs is 1. The summed E-state index contributed by atoms with van der Waals surface area (Å²) in [5, 5.41) is 13.7. The lowest BCUT2D eigenvalue weighted by atomic mass is 10.2. The smallest absolute Gasteiger partial charge is 0.235 e. The van der Waals surface area contributed by atoms with Crippen LogP contribution in [0.1, 0.15) is 6.92 Å². The first-order valence-corrected chi connectivity index (χ1v) is 8.56. The average molecular weight is 391 g/mol. The Bertz CT molecular complexity index is 975. The molecule has 0 atom stereocenters. The number of benzene rings is 1. The summed E-state index contributed by atoms with van der Waals surface area (Å²) in [4.78, 5) is 0.712. The third kappa shape index (κ3) is 2.64. The summed E-state index contributed by atoms with van der Waals surface area (Å²) in [5.74, 6) is 2.17. The predicted octanol–water partition coefficient (Wildman–Crippen LogP) is 4.27. The third-order valence-electron chi connectivity index (χ3n) is 3.18. The van der Waals surface area contributed by atoms with Crippen molar-refractivity contribution in [3.63, 3.8) is 0 Å². The van der Waals surface area contributed by atoms with Crippen LogP contribution in [-0.2, 0) is 0 Å².